The molecule has 0 spiro atoms. The largest absolute Gasteiger partial charge is 0.396 e. The second-order valence-electron chi connectivity index (χ2n) is 5.57. The number of hydrogen-bond donors (Lipinski definition) is 2. The molecule has 2 N–H and O–H groups in total. The summed E-state index contributed by atoms with van der Waals surface area (Å²) in [5.74, 6) is 0. The molecule has 0 aromatic carbocycles. The Balaban J connectivity index is 4.41. The number of aliphatic hydroxyl groups is 1. The van der Waals surface area contributed by atoms with E-state index < -0.39 is 14.8 Å². The third-order valence-corrected chi connectivity index (χ3v) is 4.47. The Bertz CT molecular complexity index is 288. The van der Waals surface area contributed by atoms with Crippen LogP contribution in [-0.4, -0.2) is 31.4 Å². The molecule has 0 aliphatic rings. The van der Waals surface area contributed by atoms with E-state index in [0.717, 1.165) is 0 Å². The Hall–Kier alpha value is -0.130. The monoisotopic (exact) mass is 237 g/mol. The van der Waals surface area contributed by atoms with Gasteiger partial charge in [-0.1, -0.05) is 13.8 Å². The third-order valence-electron chi connectivity index (χ3n) is 2.34. The van der Waals surface area contributed by atoms with Crippen LogP contribution >= 0.6 is 0 Å². The van der Waals surface area contributed by atoms with Gasteiger partial charge in [-0.2, -0.15) is 0 Å². The zero-order chi connectivity index (χ0) is 12.3. The fourth-order valence-electron chi connectivity index (χ4n) is 0.898. The summed E-state index contributed by atoms with van der Waals surface area (Å²) in [4.78, 5) is 0. The first kappa shape index (κ1) is 14.9. The number of hydrogen-bond acceptors (Lipinski definition) is 3. The molecule has 0 atom stereocenters. The summed E-state index contributed by atoms with van der Waals surface area (Å²) in [6.45, 7) is 9.26. The summed E-state index contributed by atoms with van der Waals surface area (Å²) >= 11 is 0. The van der Waals surface area contributed by atoms with Crippen LogP contribution in [0.1, 0.15) is 41.0 Å². The van der Waals surface area contributed by atoms with E-state index in [-0.39, 0.29) is 12.0 Å². The van der Waals surface area contributed by atoms with Crippen LogP contribution in [0.3, 0.4) is 0 Å². The van der Waals surface area contributed by atoms with Crippen molar-refractivity contribution in [2.45, 2.75) is 45.8 Å². The molecular formula is C10H23NO3S. The van der Waals surface area contributed by atoms with Gasteiger partial charge in [-0.15, -0.1) is 0 Å². The molecule has 0 bridgehead atoms. The minimum absolute atomic E-state index is 0.0737. The second-order valence-corrected chi connectivity index (χ2v) is 8.10. The van der Waals surface area contributed by atoms with Gasteiger partial charge in [-0.05, 0) is 32.6 Å². The van der Waals surface area contributed by atoms with Crippen molar-refractivity contribution in [3.8, 4) is 0 Å². The van der Waals surface area contributed by atoms with Gasteiger partial charge in [0, 0.05) is 13.2 Å². The smallest absolute Gasteiger partial charge is 0.216 e. The van der Waals surface area contributed by atoms with Crippen molar-refractivity contribution >= 4 is 10.0 Å². The maximum Gasteiger partial charge on any atom is 0.216 e. The third kappa shape index (κ3) is 4.95. The lowest BCUT2D eigenvalue weighted by Gasteiger charge is -2.27. The van der Waals surface area contributed by atoms with E-state index in [4.69, 9.17) is 5.11 Å². The Morgan fingerprint density at radius 2 is 1.60 bits per heavy atom. The highest BCUT2D eigenvalue weighted by atomic mass is 32.2. The zero-order valence-corrected chi connectivity index (χ0v) is 11.1. The van der Waals surface area contributed by atoms with Crippen molar-refractivity contribution in [2.24, 2.45) is 5.41 Å². The average Bonchev–Trinajstić information content (AvgIpc) is 1.99. The maximum atomic E-state index is 11.7. The van der Waals surface area contributed by atoms with Crippen LogP contribution in [0.25, 0.3) is 0 Å². The van der Waals surface area contributed by atoms with Crippen LogP contribution in [0.5, 0.6) is 0 Å². The van der Waals surface area contributed by atoms with Crippen LogP contribution in [0, 0.1) is 5.41 Å². The minimum Gasteiger partial charge on any atom is -0.396 e. The number of aliphatic hydroxyl groups excluding tert-OH is 1. The molecule has 0 radical (unpaired) electrons. The fraction of sp³-hybridized carbons (Fsp3) is 1.00. The summed E-state index contributed by atoms with van der Waals surface area (Å²) in [5, 5.41) is 8.81. The van der Waals surface area contributed by atoms with Crippen molar-refractivity contribution in [3.63, 3.8) is 0 Å². The number of nitrogens with one attached hydrogen (secondary N) is 1. The van der Waals surface area contributed by atoms with Crippen LogP contribution in [0.4, 0.5) is 0 Å². The summed E-state index contributed by atoms with van der Waals surface area (Å²) in [6.07, 6.45) is 0.583. The Kier molecular flexibility index (Phi) is 4.76. The Morgan fingerprint density at radius 3 is 1.93 bits per heavy atom. The van der Waals surface area contributed by atoms with Crippen molar-refractivity contribution in [2.75, 3.05) is 13.2 Å². The summed E-state index contributed by atoms with van der Waals surface area (Å²) in [6, 6.07) is 0. The molecule has 4 nitrogen and oxygen atoms in total. The van der Waals surface area contributed by atoms with Gasteiger partial charge >= 0.3 is 0 Å². The molecular weight excluding hydrogens is 214 g/mol. The molecule has 0 saturated carbocycles. The molecule has 0 fully saturated rings. The van der Waals surface area contributed by atoms with Gasteiger partial charge in [-0.25, -0.2) is 13.1 Å². The predicted octanol–water partition coefficient (Wildman–Crippen LogP) is 1.11. The van der Waals surface area contributed by atoms with Crippen LogP contribution in [0.15, 0.2) is 0 Å². The van der Waals surface area contributed by atoms with Crippen molar-refractivity contribution in [3.05, 3.63) is 0 Å². The molecule has 0 aromatic heterocycles. The van der Waals surface area contributed by atoms with E-state index in [0.29, 0.717) is 13.0 Å². The van der Waals surface area contributed by atoms with Gasteiger partial charge in [0.15, 0.2) is 0 Å². The molecule has 0 saturated heterocycles. The zero-order valence-electron chi connectivity index (χ0n) is 10.3. The quantitative estimate of drug-likeness (QED) is 0.753. The minimum atomic E-state index is -3.28. The normalized spacial score (nSPS) is 14.3. The number of rotatable bonds is 5. The molecule has 0 aliphatic heterocycles. The molecule has 0 aromatic rings. The topological polar surface area (TPSA) is 66.4 Å². The van der Waals surface area contributed by atoms with Crippen LogP contribution < -0.4 is 4.72 Å². The second kappa shape index (κ2) is 4.80. The Labute approximate surface area is 93.1 Å². The first-order valence-corrected chi connectivity index (χ1v) is 6.60. The van der Waals surface area contributed by atoms with Crippen LogP contribution in [-0.2, 0) is 10.0 Å². The lowest BCUT2D eigenvalue weighted by atomic mass is 9.90. The van der Waals surface area contributed by atoms with Crippen LogP contribution in [0.2, 0.25) is 0 Å². The van der Waals surface area contributed by atoms with Crippen molar-refractivity contribution in [1.82, 2.24) is 4.72 Å². The highest BCUT2D eigenvalue weighted by molar-refractivity contribution is 7.90. The van der Waals surface area contributed by atoms with E-state index in [1.54, 1.807) is 20.8 Å². The SMILES string of the molecule is CC(C)(CCO)CNS(=O)(=O)C(C)(C)C. The molecule has 92 valence electrons. The molecule has 0 aliphatic carbocycles. The van der Waals surface area contributed by atoms with Gasteiger partial charge in [-0.3, -0.25) is 0 Å². The summed E-state index contributed by atoms with van der Waals surface area (Å²) in [7, 11) is -3.28. The average molecular weight is 237 g/mol. The maximum absolute atomic E-state index is 11.7. The highest BCUT2D eigenvalue weighted by Gasteiger charge is 2.30. The Morgan fingerprint density at radius 1 is 1.13 bits per heavy atom. The first-order valence-electron chi connectivity index (χ1n) is 5.12. The molecule has 0 unspecified atom stereocenters. The molecule has 0 heterocycles. The van der Waals surface area contributed by atoms with Gasteiger partial charge in [0.05, 0.1) is 4.75 Å². The van der Waals surface area contributed by atoms with Gasteiger partial charge in [0.2, 0.25) is 10.0 Å². The van der Waals surface area contributed by atoms with E-state index in [1.165, 1.54) is 0 Å². The summed E-state index contributed by atoms with van der Waals surface area (Å²) in [5.41, 5.74) is -0.215. The highest BCUT2D eigenvalue weighted by Crippen LogP contribution is 2.20. The van der Waals surface area contributed by atoms with Gasteiger partial charge < -0.3 is 5.11 Å². The number of sulfonamides is 1. The molecule has 0 amide bonds. The van der Waals surface area contributed by atoms with Gasteiger partial charge in [0.25, 0.3) is 0 Å². The van der Waals surface area contributed by atoms with E-state index in [2.05, 4.69) is 4.72 Å². The van der Waals surface area contributed by atoms with E-state index in [9.17, 15) is 8.42 Å². The first-order chi connectivity index (χ1) is 6.52. The predicted molar refractivity (Wildman–Crippen MR) is 62.2 cm³/mol. The van der Waals surface area contributed by atoms with Gasteiger partial charge in [0.1, 0.15) is 0 Å². The molecule has 15 heavy (non-hydrogen) atoms. The standard InChI is InChI=1S/C10H23NO3S/c1-9(2,3)15(13,14)11-8-10(4,5)6-7-12/h11-12H,6-8H2,1-5H3. The summed E-state index contributed by atoms with van der Waals surface area (Å²) < 4.78 is 25.3. The lowest BCUT2D eigenvalue weighted by Crippen LogP contribution is -2.43. The van der Waals surface area contributed by atoms with E-state index >= 15 is 0 Å². The molecule has 0 rings (SSSR count). The van der Waals surface area contributed by atoms with Crippen molar-refractivity contribution in [1.29, 1.82) is 0 Å². The fourth-order valence-corrected chi connectivity index (χ4v) is 1.91. The molecule has 5 heteroatoms. The van der Waals surface area contributed by atoms with Crippen molar-refractivity contribution < 1.29 is 13.5 Å². The van der Waals surface area contributed by atoms with E-state index in [1.807, 2.05) is 13.8 Å². The lowest BCUT2D eigenvalue weighted by molar-refractivity contribution is 0.213.